The molecule has 0 unspecified atom stereocenters. The highest BCUT2D eigenvalue weighted by Crippen LogP contribution is 2.27. The molecule has 0 aliphatic carbocycles. The number of piperidine rings is 1. The zero-order valence-electron chi connectivity index (χ0n) is 17.8. The third-order valence-corrected chi connectivity index (χ3v) is 6.29. The normalized spacial score (nSPS) is 17.6. The molecule has 31 heavy (non-hydrogen) atoms. The third kappa shape index (κ3) is 4.84. The van der Waals surface area contributed by atoms with Gasteiger partial charge >= 0.3 is 0 Å². The number of H-pyrrole nitrogens is 1. The van der Waals surface area contributed by atoms with E-state index in [0.717, 1.165) is 44.1 Å². The molecule has 2 aromatic rings. The quantitative estimate of drug-likeness (QED) is 0.792. The first-order chi connectivity index (χ1) is 14.9. The number of aromatic amines is 1. The van der Waals surface area contributed by atoms with E-state index in [4.69, 9.17) is 4.98 Å². The number of halogens is 2. The lowest BCUT2D eigenvalue weighted by Crippen LogP contribution is -2.40. The Hall–Kier alpha value is -2.61. The van der Waals surface area contributed by atoms with Crippen molar-refractivity contribution in [3.8, 4) is 0 Å². The zero-order chi connectivity index (χ0) is 22.0. The molecule has 2 aliphatic rings. The standard InChI is InChI=1S/C23H28F2N4O2/c1-2-3-21(30)29-11-8-20-18(14-29)23(31)27-22(26-20)15-6-9-28(10-7-15)13-16-4-5-17(24)12-19(16)25/h4-5,12,15H,2-3,6-11,13-14H2,1H3,(H,26,27,31). The van der Waals surface area contributed by atoms with Gasteiger partial charge in [-0.15, -0.1) is 0 Å². The van der Waals surface area contributed by atoms with Gasteiger partial charge in [-0.3, -0.25) is 14.5 Å². The van der Waals surface area contributed by atoms with E-state index in [1.807, 2.05) is 6.92 Å². The van der Waals surface area contributed by atoms with Gasteiger partial charge in [0.15, 0.2) is 0 Å². The van der Waals surface area contributed by atoms with Crippen LogP contribution in [0, 0.1) is 11.6 Å². The van der Waals surface area contributed by atoms with Crippen LogP contribution < -0.4 is 5.56 Å². The maximum Gasteiger partial charge on any atom is 0.256 e. The molecule has 0 radical (unpaired) electrons. The van der Waals surface area contributed by atoms with Crippen LogP contribution in [0.3, 0.4) is 0 Å². The van der Waals surface area contributed by atoms with Gasteiger partial charge < -0.3 is 9.88 Å². The van der Waals surface area contributed by atoms with Crippen molar-refractivity contribution in [2.24, 2.45) is 0 Å². The van der Waals surface area contributed by atoms with Crippen LogP contribution in [0.25, 0.3) is 0 Å². The second-order valence-corrected chi connectivity index (χ2v) is 8.48. The molecule has 1 amide bonds. The van der Waals surface area contributed by atoms with Crippen LogP contribution >= 0.6 is 0 Å². The van der Waals surface area contributed by atoms with Gasteiger partial charge in [-0.2, -0.15) is 0 Å². The molecule has 166 valence electrons. The number of hydrogen-bond donors (Lipinski definition) is 1. The molecular weight excluding hydrogens is 402 g/mol. The molecule has 3 heterocycles. The molecule has 1 aromatic carbocycles. The van der Waals surface area contributed by atoms with Crippen molar-refractivity contribution >= 4 is 5.91 Å². The average molecular weight is 430 g/mol. The predicted molar refractivity (Wildman–Crippen MR) is 112 cm³/mol. The number of nitrogens with zero attached hydrogens (tertiary/aromatic N) is 3. The van der Waals surface area contributed by atoms with Crippen LogP contribution in [-0.2, 0) is 24.3 Å². The van der Waals surface area contributed by atoms with Crippen LogP contribution in [0.1, 0.15) is 61.2 Å². The van der Waals surface area contributed by atoms with Crippen molar-refractivity contribution in [3.63, 3.8) is 0 Å². The fourth-order valence-electron chi connectivity index (χ4n) is 4.48. The predicted octanol–water partition coefficient (Wildman–Crippen LogP) is 3.11. The summed E-state index contributed by atoms with van der Waals surface area (Å²) >= 11 is 0. The lowest BCUT2D eigenvalue weighted by atomic mass is 9.95. The van der Waals surface area contributed by atoms with Crippen molar-refractivity contribution in [1.82, 2.24) is 19.8 Å². The Bertz CT molecular complexity index is 1020. The minimum atomic E-state index is -0.569. The second-order valence-electron chi connectivity index (χ2n) is 8.48. The number of amides is 1. The van der Waals surface area contributed by atoms with Crippen molar-refractivity contribution in [3.05, 3.63) is 62.8 Å². The summed E-state index contributed by atoms with van der Waals surface area (Å²) in [5.41, 5.74) is 1.74. The van der Waals surface area contributed by atoms with E-state index in [1.54, 1.807) is 4.90 Å². The van der Waals surface area contributed by atoms with E-state index >= 15 is 0 Å². The summed E-state index contributed by atoms with van der Waals surface area (Å²) in [6, 6.07) is 3.69. The van der Waals surface area contributed by atoms with Gasteiger partial charge in [0.1, 0.15) is 17.5 Å². The largest absolute Gasteiger partial charge is 0.338 e. The van der Waals surface area contributed by atoms with Crippen molar-refractivity contribution in [2.75, 3.05) is 19.6 Å². The topological polar surface area (TPSA) is 69.3 Å². The SMILES string of the molecule is CCCC(=O)N1CCc2nc(C3CCN(Cc4ccc(F)cc4F)CC3)[nH]c(=O)c2C1. The molecule has 2 aliphatic heterocycles. The fraction of sp³-hybridized carbons (Fsp3) is 0.522. The van der Waals surface area contributed by atoms with Crippen molar-refractivity contribution in [2.45, 2.75) is 58.0 Å². The number of aromatic nitrogens is 2. The lowest BCUT2D eigenvalue weighted by Gasteiger charge is -2.32. The van der Waals surface area contributed by atoms with Gasteiger partial charge in [-0.05, 0) is 38.4 Å². The first kappa shape index (κ1) is 21.6. The minimum absolute atomic E-state index is 0.0848. The van der Waals surface area contributed by atoms with E-state index in [1.165, 1.54) is 12.1 Å². The average Bonchev–Trinajstić information content (AvgIpc) is 2.76. The molecule has 0 spiro atoms. The minimum Gasteiger partial charge on any atom is -0.338 e. The molecule has 1 saturated heterocycles. The fourth-order valence-corrected chi connectivity index (χ4v) is 4.48. The zero-order valence-corrected chi connectivity index (χ0v) is 17.8. The van der Waals surface area contributed by atoms with Crippen LogP contribution in [0.5, 0.6) is 0 Å². The summed E-state index contributed by atoms with van der Waals surface area (Å²) in [6.45, 7) is 4.84. The number of carbonyl (C=O) groups is 1. The number of nitrogens with one attached hydrogen (secondary N) is 1. The highest BCUT2D eigenvalue weighted by Gasteiger charge is 2.27. The van der Waals surface area contributed by atoms with E-state index in [9.17, 15) is 18.4 Å². The molecule has 6 nitrogen and oxygen atoms in total. The van der Waals surface area contributed by atoms with Gasteiger partial charge in [0, 0.05) is 43.5 Å². The molecule has 8 heteroatoms. The number of rotatable bonds is 5. The van der Waals surface area contributed by atoms with E-state index in [2.05, 4.69) is 9.88 Å². The second kappa shape index (κ2) is 9.26. The van der Waals surface area contributed by atoms with E-state index in [-0.39, 0.29) is 17.4 Å². The van der Waals surface area contributed by atoms with Gasteiger partial charge in [-0.25, -0.2) is 13.8 Å². The highest BCUT2D eigenvalue weighted by atomic mass is 19.1. The van der Waals surface area contributed by atoms with Gasteiger partial charge in [0.05, 0.1) is 17.8 Å². The van der Waals surface area contributed by atoms with Crippen molar-refractivity contribution in [1.29, 1.82) is 0 Å². The van der Waals surface area contributed by atoms with Gasteiger partial charge in [0.25, 0.3) is 5.56 Å². The molecule has 0 atom stereocenters. The van der Waals surface area contributed by atoms with E-state index < -0.39 is 11.6 Å². The Balaban J connectivity index is 1.40. The molecule has 0 saturated carbocycles. The summed E-state index contributed by atoms with van der Waals surface area (Å²) in [7, 11) is 0. The molecule has 4 rings (SSSR count). The number of benzene rings is 1. The summed E-state index contributed by atoms with van der Waals surface area (Å²) in [4.78, 5) is 36.5. The Morgan fingerprint density at radius 3 is 2.71 bits per heavy atom. The summed E-state index contributed by atoms with van der Waals surface area (Å²) in [5.74, 6) is -0.145. The first-order valence-corrected chi connectivity index (χ1v) is 11.0. The number of hydrogen-bond acceptors (Lipinski definition) is 4. The number of carbonyl (C=O) groups excluding carboxylic acids is 1. The molecule has 1 fully saturated rings. The molecule has 0 bridgehead atoms. The Labute approximate surface area is 180 Å². The highest BCUT2D eigenvalue weighted by molar-refractivity contribution is 5.76. The first-order valence-electron chi connectivity index (χ1n) is 11.0. The maximum atomic E-state index is 13.9. The smallest absolute Gasteiger partial charge is 0.256 e. The van der Waals surface area contributed by atoms with Crippen LogP contribution in [0.15, 0.2) is 23.0 Å². The summed E-state index contributed by atoms with van der Waals surface area (Å²) in [6.07, 6.45) is 3.52. The van der Waals surface area contributed by atoms with Crippen molar-refractivity contribution < 1.29 is 13.6 Å². The van der Waals surface area contributed by atoms with E-state index in [0.29, 0.717) is 49.4 Å². The van der Waals surface area contributed by atoms with Gasteiger partial charge in [0.2, 0.25) is 5.91 Å². The number of likely N-dealkylation sites (tertiary alicyclic amines) is 1. The molecular formula is C23H28F2N4O2. The monoisotopic (exact) mass is 430 g/mol. The van der Waals surface area contributed by atoms with Gasteiger partial charge in [-0.1, -0.05) is 13.0 Å². The van der Waals surface area contributed by atoms with Crippen LogP contribution in [0.2, 0.25) is 0 Å². The summed E-state index contributed by atoms with van der Waals surface area (Å²) in [5, 5.41) is 0. The maximum absolute atomic E-state index is 13.9. The number of fused-ring (bicyclic) bond motifs is 1. The van der Waals surface area contributed by atoms with Crippen LogP contribution in [0.4, 0.5) is 8.78 Å². The Morgan fingerprint density at radius 1 is 1.23 bits per heavy atom. The summed E-state index contributed by atoms with van der Waals surface area (Å²) < 4.78 is 27.0. The van der Waals surface area contributed by atoms with Crippen LogP contribution in [-0.4, -0.2) is 45.3 Å². The molecule has 1 N–H and O–H groups in total. The Kier molecular flexibility index (Phi) is 6.46. The molecule has 1 aromatic heterocycles. The Morgan fingerprint density at radius 2 is 2.00 bits per heavy atom. The third-order valence-electron chi connectivity index (χ3n) is 6.29. The lowest BCUT2D eigenvalue weighted by molar-refractivity contribution is -0.132.